The largest absolute Gasteiger partial charge is 0.462 e. The number of carbonyl (C=O) groups excluding carboxylic acids is 3. The molecule has 0 aromatic carbocycles. The van der Waals surface area contributed by atoms with Crippen molar-refractivity contribution >= 4 is 17.9 Å². The molecule has 0 heterocycles. The van der Waals surface area contributed by atoms with Gasteiger partial charge < -0.3 is 14.2 Å². The summed E-state index contributed by atoms with van der Waals surface area (Å²) < 4.78 is 16.8. The lowest BCUT2D eigenvalue weighted by molar-refractivity contribution is -0.167. The van der Waals surface area contributed by atoms with Gasteiger partial charge in [0.2, 0.25) is 0 Å². The fraction of sp³-hybridized carbons (Fsp3) is 0.687. The van der Waals surface area contributed by atoms with E-state index in [0.29, 0.717) is 12.8 Å². The van der Waals surface area contributed by atoms with Crippen LogP contribution in [0, 0.1) is 0 Å². The molecule has 0 saturated carbocycles. The van der Waals surface area contributed by atoms with Crippen LogP contribution in [0.1, 0.15) is 278 Å². The highest BCUT2D eigenvalue weighted by molar-refractivity contribution is 5.71. The molecule has 0 N–H and O–H groups in total. The van der Waals surface area contributed by atoms with Gasteiger partial charge in [-0.25, -0.2) is 0 Å². The van der Waals surface area contributed by atoms with Crippen LogP contribution in [0.15, 0.2) is 109 Å². The fourth-order valence-electron chi connectivity index (χ4n) is 8.24. The molecule has 0 amide bonds. The Morgan fingerprint density at radius 1 is 0.288 bits per heavy atom. The van der Waals surface area contributed by atoms with Gasteiger partial charge in [-0.2, -0.15) is 0 Å². The topological polar surface area (TPSA) is 78.9 Å². The summed E-state index contributed by atoms with van der Waals surface area (Å²) in [6.07, 6.45) is 82.4. The van der Waals surface area contributed by atoms with Gasteiger partial charge in [0.05, 0.1) is 0 Å². The molecule has 0 aliphatic rings. The molecule has 6 heteroatoms. The number of esters is 3. The molecule has 6 nitrogen and oxygen atoms in total. The van der Waals surface area contributed by atoms with Crippen molar-refractivity contribution < 1.29 is 28.6 Å². The van der Waals surface area contributed by atoms with Gasteiger partial charge in [0.1, 0.15) is 13.2 Å². The predicted molar refractivity (Wildman–Crippen MR) is 316 cm³/mol. The van der Waals surface area contributed by atoms with E-state index in [1.807, 2.05) is 0 Å². The highest BCUT2D eigenvalue weighted by Crippen LogP contribution is 2.15. The Balaban J connectivity index is 4.42. The van der Waals surface area contributed by atoms with E-state index in [1.165, 1.54) is 116 Å². The third-order valence-corrected chi connectivity index (χ3v) is 12.7. The molecule has 0 aromatic heterocycles. The van der Waals surface area contributed by atoms with Crippen molar-refractivity contribution in [2.45, 2.75) is 284 Å². The number of ether oxygens (including phenoxy) is 3. The van der Waals surface area contributed by atoms with Gasteiger partial charge in [-0.15, -0.1) is 0 Å². The summed E-state index contributed by atoms with van der Waals surface area (Å²) in [5.74, 6) is -0.967. The molecular formula is C67H112O6. The number of hydrogen-bond donors (Lipinski definition) is 0. The van der Waals surface area contributed by atoms with Crippen LogP contribution in [0.3, 0.4) is 0 Å². The van der Waals surface area contributed by atoms with Gasteiger partial charge in [-0.3, -0.25) is 14.4 Å². The fourth-order valence-corrected chi connectivity index (χ4v) is 8.24. The monoisotopic (exact) mass is 1010 g/mol. The van der Waals surface area contributed by atoms with Crippen molar-refractivity contribution in [2.75, 3.05) is 13.2 Å². The highest BCUT2D eigenvalue weighted by atomic mass is 16.6. The maximum absolute atomic E-state index is 12.9. The molecule has 1 atom stereocenters. The molecule has 0 rings (SSSR count). The summed E-state index contributed by atoms with van der Waals surface area (Å²) in [6.45, 7) is 6.37. The Morgan fingerprint density at radius 2 is 0.534 bits per heavy atom. The van der Waals surface area contributed by atoms with Gasteiger partial charge in [0, 0.05) is 19.3 Å². The highest BCUT2D eigenvalue weighted by Gasteiger charge is 2.19. The Kier molecular flexibility index (Phi) is 57.4. The van der Waals surface area contributed by atoms with Crippen LogP contribution in [-0.2, 0) is 28.6 Å². The van der Waals surface area contributed by atoms with Crippen molar-refractivity contribution in [1.29, 1.82) is 0 Å². The zero-order valence-electron chi connectivity index (χ0n) is 47.6. The normalized spacial score (nSPS) is 12.9. The van der Waals surface area contributed by atoms with Crippen molar-refractivity contribution in [3.63, 3.8) is 0 Å². The van der Waals surface area contributed by atoms with Crippen LogP contribution in [-0.4, -0.2) is 37.2 Å². The van der Waals surface area contributed by atoms with Gasteiger partial charge in [0.15, 0.2) is 6.10 Å². The zero-order valence-corrected chi connectivity index (χ0v) is 47.6. The van der Waals surface area contributed by atoms with Crippen molar-refractivity contribution in [3.8, 4) is 0 Å². The summed E-state index contributed by atoms with van der Waals surface area (Å²) in [7, 11) is 0. The first kappa shape index (κ1) is 69.1. The number of allylic oxidation sites excluding steroid dienone is 18. The van der Waals surface area contributed by atoms with Crippen molar-refractivity contribution in [2.24, 2.45) is 0 Å². The first-order chi connectivity index (χ1) is 36.0. The molecule has 416 valence electrons. The van der Waals surface area contributed by atoms with E-state index < -0.39 is 6.10 Å². The van der Waals surface area contributed by atoms with Crippen molar-refractivity contribution in [1.82, 2.24) is 0 Å². The van der Waals surface area contributed by atoms with Gasteiger partial charge in [0.25, 0.3) is 0 Å². The van der Waals surface area contributed by atoms with E-state index in [2.05, 4.69) is 130 Å². The third-order valence-electron chi connectivity index (χ3n) is 12.7. The van der Waals surface area contributed by atoms with E-state index in [-0.39, 0.29) is 37.5 Å². The number of rotatable bonds is 54. The number of unbranched alkanes of at least 4 members (excludes halogenated alkanes) is 25. The van der Waals surface area contributed by atoms with E-state index >= 15 is 0 Å². The summed E-state index contributed by atoms with van der Waals surface area (Å²) in [4.78, 5) is 38.2. The van der Waals surface area contributed by atoms with Crippen LogP contribution < -0.4 is 0 Å². The molecule has 0 aliphatic carbocycles. The van der Waals surface area contributed by atoms with Crippen LogP contribution in [0.5, 0.6) is 0 Å². The Bertz CT molecular complexity index is 1490. The van der Waals surface area contributed by atoms with Crippen LogP contribution in [0.2, 0.25) is 0 Å². The number of carbonyl (C=O) groups is 3. The zero-order chi connectivity index (χ0) is 52.9. The third kappa shape index (κ3) is 58.8. The van der Waals surface area contributed by atoms with E-state index in [0.717, 1.165) is 122 Å². The lowest BCUT2D eigenvalue weighted by Gasteiger charge is -2.18. The average molecular weight is 1010 g/mol. The second kappa shape index (κ2) is 60.6. The number of hydrogen-bond acceptors (Lipinski definition) is 6. The quantitative estimate of drug-likeness (QED) is 0.0261. The smallest absolute Gasteiger partial charge is 0.306 e. The molecular weight excluding hydrogens is 901 g/mol. The minimum atomic E-state index is -0.811. The Hall–Kier alpha value is -3.93. The summed E-state index contributed by atoms with van der Waals surface area (Å²) >= 11 is 0. The minimum Gasteiger partial charge on any atom is -0.462 e. The van der Waals surface area contributed by atoms with Crippen LogP contribution in [0.4, 0.5) is 0 Å². The Labute approximate surface area is 450 Å². The van der Waals surface area contributed by atoms with Crippen LogP contribution >= 0.6 is 0 Å². The first-order valence-electron chi connectivity index (χ1n) is 30.4. The molecule has 0 fully saturated rings. The maximum atomic E-state index is 12.9. The SMILES string of the molecule is CC/C=C\C/C=C\C/C=C\C/C=C\CCCCCCC(=O)OC(COC(=O)CCCC/C=C\C/C=C\C/C=C\C/C=C\CC)COC(=O)CCCCCCCCCCCCC/C=C\CCCCCCCCCC. The van der Waals surface area contributed by atoms with Crippen molar-refractivity contribution in [3.05, 3.63) is 109 Å². The Morgan fingerprint density at radius 3 is 0.877 bits per heavy atom. The average Bonchev–Trinajstić information content (AvgIpc) is 3.39. The lowest BCUT2D eigenvalue weighted by Crippen LogP contribution is -2.30. The molecule has 0 bridgehead atoms. The minimum absolute atomic E-state index is 0.103. The summed E-state index contributed by atoms with van der Waals surface area (Å²) in [5, 5.41) is 0. The second-order valence-electron chi connectivity index (χ2n) is 19.8. The molecule has 0 radical (unpaired) electrons. The van der Waals surface area contributed by atoms with E-state index in [4.69, 9.17) is 14.2 Å². The molecule has 73 heavy (non-hydrogen) atoms. The molecule has 0 spiro atoms. The van der Waals surface area contributed by atoms with Crippen LogP contribution in [0.25, 0.3) is 0 Å². The van der Waals surface area contributed by atoms with Gasteiger partial charge in [-0.05, 0) is 122 Å². The van der Waals surface area contributed by atoms with Gasteiger partial charge >= 0.3 is 17.9 Å². The molecule has 0 saturated heterocycles. The van der Waals surface area contributed by atoms with E-state index in [9.17, 15) is 14.4 Å². The van der Waals surface area contributed by atoms with Gasteiger partial charge in [-0.1, -0.05) is 246 Å². The second-order valence-corrected chi connectivity index (χ2v) is 19.8. The molecule has 1 unspecified atom stereocenters. The predicted octanol–water partition coefficient (Wildman–Crippen LogP) is 20.7. The maximum Gasteiger partial charge on any atom is 0.306 e. The summed E-state index contributed by atoms with van der Waals surface area (Å²) in [6, 6.07) is 0. The first-order valence-corrected chi connectivity index (χ1v) is 30.4. The molecule has 0 aromatic rings. The lowest BCUT2D eigenvalue weighted by atomic mass is 10.0. The summed E-state index contributed by atoms with van der Waals surface area (Å²) in [5.41, 5.74) is 0. The standard InChI is InChI=1S/C67H112O6/c1-4-7-10-13-16-19-22-25-28-30-31-32-33-34-35-37-39-42-45-48-51-54-57-60-66(69)72-63-64(62-71-65(68)59-56-53-50-47-44-41-38-27-24-21-18-15-12-9-6-3)73-67(70)61-58-55-52-49-46-43-40-36-29-26-23-20-17-14-11-8-5-2/h8-9,11-12,17-18,20-21,26-27,29-31,38,40,43-44,47,64H,4-7,10,13-16,19,22-25,28,32-37,39,41-42,45-46,48-63H2,1-3H3/b11-8-,12-9-,20-17-,21-18-,29-26-,31-30-,38-27-,43-40-,47-44-. The van der Waals surface area contributed by atoms with E-state index in [1.54, 1.807) is 0 Å². The molecule has 0 aliphatic heterocycles.